The number of thioether (sulfide) groups is 1. The van der Waals surface area contributed by atoms with Gasteiger partial charge < -0.3 is 9.47 Å². The zero-order valence-corrected chi connectivity index (χ0v) is 11.0. The molecule has 0 aromatic carbocycles. The van der Waals surface area contributed by atoms with E-state index in [0.29, 0.717) is 18.1 Å². The third-order valence-electron chi connectivity index (χ3n) is 2.03. The number of esters is 2. The lowest BCUT2D eigenvalue weighted by Crippen LogP contribution is -2.19. The predicted octanol–water partition coefficient (Wildman–Crippen LogP) is 1.87. The van der Waals surface area contributed by atoms with Gasteiger partial charge in [-0.1, -0.05) is 13.8 Å². The minimum Gasteiger partial charge on any atom is -0.469 e. The topological polar surface area (TPSA) is 52.6 Å². The van der Waals surface area contributed by atoms with E-state index in [9.17, 15) is 9.59 Å². The Kier molecular flexibility index (Phi) is 9.09. The van der Waals surface area contributed by atoms with Crippen molar-refractivity contribution in [2.24, 2.45) is 5.92 Å². The van der Waals surface area contributed by atoms with Gasteiger partial charge in [-0.3, -0.25) is 9.59 Å². The summed E-state index contributed by atoms with van der Waals surface area (Å²) in [4.78, 5) is 22.4. The summed E-state index contributed by atoms with van der Waals surface area (Å²) in [6.07, 6.45) is 1.56. The Hall–Kier alpha value is -0.710. The molecule has 4 nitrogen and oxygen atoms in total. The largest absolute Gasteiger partial charge is 0.469 e. The van der Waals surface area contributed by atoms with Gasteiger partial charge in [-0.15, -0.1) is 11.8 Å². The molecule has 1 unspecified atom stereocenters. The molecule has 0 aliphatic rings. The first-order valence-corrected chi connectivity index (χ1v) is 6.62. The maximum atomic E-state index is 11.2. The number of carbonyl (C=O) groups is 2. The van der Waals surface area contributed by atoms with E-state index in [2.05, 4.69) is 4.74 Å². The molecule has 0 aliphatic heterocycles. The fourth-order valence-corrected chi connectivity index (χ4v) is 2.09. The van der Waals surface area contributed by atoms with Crippen LogP contribution >= 0.6 is 11.8 Å². The van der Waals surface area contributed by atoms with Crippen LogP contribution in [0.5, 0.6) is 0 Å². The molecule has 0 saturated carbocycles. The first-order valence-electron chi connectivity index (χ1n) is 5.46. The Bertz CT molecular complexity index is 218. The van der Waals surface area contributed by atoms with Crippen LogP contribution < -0.4 is 0 Å². The van der Waals surface area contributed by atoms with Gasteiger partial charge in [-0.25, -0.2) is 0 Å². The maximum Gasteiger partial charge on any atom is 0.315 e. The molecule has 16 heavy (non-hydrogen) atoms. The standard InChI is InChI=1S/C11H20O4S/c1-4-6-15-10(12)8-16-7-9(5-2)11(13)14-3/h9H,4-8H2,1-3H3. The van der Waals surface area contributed by atoms with Crippen molar-refractivity contribution in [2.45, 2.75) is 26.7 Å². The van der Waals surface area contributed by atoms with Gasteiger partial charge in [0.05, 0.1) is 25.4 Å². The minimum absolute atomic E-state index is 0.131. The second-order valence-corrected chi connectivity index (χ2v) is 4.39. The quantitative estimate of drug-likeness (QED) is 0.614. The van der Waals surface area contributed by atoms with E-state index in [0.717, 1.165) is 12.8 Å². The third-order valence-corrected chi connectivity index (χ3v) is 3.11. The Morgan fingerprint density at radius 1 is 1.31 bits per heavy atom. The first-order chi connectivity index (χ1) is 7.65. The second-order valence-electron chi connectivity index (χ2n) is 3.36. The summed E-state index contributed by atoms with van der Waals surface area (Å²) < 4.78 is 9.57. The average Bonchev–Trinajstić information content (AvgIpc) is 2.31. The van der Waals surface area contributed by atoms with E-state index in [4.69, 9.17) is 4.74 Å². The molecule has 1 atom stereocenters. The summed E-state index contributed by atoms with van der Waals surface area (Å²) in [5.74, 6) is 0.343. The lowest BCUT2D eigenvalue weighted by atomic mass is 10.1. The predicted molar refractivity (Wildman–Crippen MR) is 64.4 cm³/mol. The number of carbonyl (C=O) groups excluding carboxylic acids is 2. The summed E-state index contributed by atoms with van der Waals surface area (Å²) in [5, 5.41) is 0. The van der Waals surface area contributed by atoms with Crippen LogP contribution in [0.25, 0.3) is 0 Å². The van der Waals surface area contributed by atoms with Crippen molar-refractivity contribution in [3.63, 3.8) is 0 Å². The molecule has 0 aromatic heterocycles. The van der Waals surface area contributed by atoms with Crippen LogP contribution in [0.1, 0.15) is 26.7 Å². The Balaban J connectivity index is 3.69. The van der Waals surface area contributed by atoms with Crippen LogP contribution in [-0.2, 0) is 19.1 Å². The van der Waals surface area contributed by atoms with Crippen LogP contribution in [0.4, 0.5) is 0 Å². The van der Waals surface area contributed by atoms with Gasteiger partial charge in [0.1, 0.15) is 0 Å². The van der Waals surface area contributed by atoms with Crippen LogP contribution in [-0.4, -0.2) is 37.2 Å². The van der Waals surface area contributed by atoms with Gasteiger partial charge in [0.2, 0.25) is 0 Å². The SMILES string of the molecule is CCCOC(=O)CSCC(CC)C(=O)OC. The summed E-state index contributed by atoms with van der Waals surface area (Å²) in [5.41, 5.74) is 0. The van der Waals surface area contributed by atoms with Gasteiger partial charge in [0, 0.05) is 5.75 Å². The monoisotopic (exact) mass is 248 g/mol. The van der Waals surface area contributed by atoms with Crippen LogP contribution in [0.3, 0.4) is 0 Å². The molecular formula is C11H20O4S. The lowest BCUT2D eigenvalue weighted by molar-refractivity contribution is -0.145. The van der Waals surface area contributed by atoms with E-state index in [1.54, 1.807) is 0 Å². The number of methoxy groups -OCH3 is 1. The highest BCUT2D eigenvalue weighted by molar-refractivity contribution is 7.99. The first kappa shape index (κ1) is 15.3. The molecule has 5 heteroatoms. The van der Waals surface area contributed by atoms with Gasteiger partial charge >= 0.3 is 11.9 Å². The van der Waals surface area contributed by atoms with Crippen molar-refractivity contribution >= 4 is 23.7 Å². The average molecular weight is 248 g/mol. The fraction of sp³-hybridized carbons (Fsp3) is 0.818. The second kappa shape index (κ2) is 9.51. The van der Waals surface area contributed by atoms with Crippen LogP contribution in [0, 0.1) is 5.92 Å². The zero-order chi connectivity index (χ0) is 12.4. The van der Waals surface area contributed by atoms with Crippen molar-refractivity contribution in [3.05, 3.63) is 0 Å². The van der Waals surface area contributed by atoms with Gasteiger partial charge in [-0.05, 0) is 12.8 Å². The molecule has 0 bridgehead atoms. The highest BCUT2D eigenvalue weighted by Crippen LogP contribution is 2.13. The summed E-state index contributed by atoms with van der Waals surface area (Å²) in [6.45, 7) is 4.34. The smallest absolute Gasteiger partial charge is 0.315 e. The van der Waals surface area contributed by atoms with E-state index >= 15 is 0 Å². The van der Waals surface area contributed by atoms with Crippen molar-refractivity contribution in [1.29, 1.82) is 0 Å². The van der Waals surface area contributed by atoms with E-state index in [-0.39, 0.29) is 17.9 Å². The molecule has 0 heterocycles. The number of rotatable bonds is 8. The Morgan fingerprint density at radius 2 is 2.00 bits per heavy atom. The van der Waals surface area contributed by atoms with E-state index in [1.165, 1.54) is 18.9 Å². The Morgan fingerprint density at radius 3 is 2.50 bits per heavy atom. The summed E-state index contributed by atoms with van der Waals surface area (Å²) in [7, 11) is 1.38. The lowest BCUT2D eigenvalue weighted by Gasteiger charge is -2.11. The summed E-state index contributed by atoms with van der Waals surface area (Å²) >= 11 is 1.41. The molecule has 0 spiro atoms. The van der Waals surface area contributed by atoms with Crippen molar-refractivity contribution in [2.75, 3.05) is 25.2 Å². The Labute approximate surface area is 101 Å². The third kappa shape index (κ3) is 6.71. The molecule has 0 N–H and O–H groups in total. The van der Waals surface area contributed by atoms with E-state index < -0.39 is 0 Å². The molecule has 0 aromatic rings. The zero-order valence-electron chi connectivity index (χ0n) is 10.2. The molecule has 0 amide bonds. The van der Waals surface area contributed by atoms with Gasteiger partial charge in [-0.2, -0.15) is 0 Å². The van der Waals surface area contributed by atoms with Gasteiger partial charge in [0.25, 0.3) is 0 Å². The number of hydrogen-bond acceptors (Lipinski definition) is 5. The molecule has 0 aliphatic carbocycles. The maximum absolute atomic E-state index is 11.2. The number of hydrogen-bond donors (Lipinski definition) is 0. The molecule has 0 fully saturated rings. The van der Waals surface area contributed by atoms with Crippen molar-refractivity contribution < 1.29 is 19.1 Å². The normalized spacial score (nSPS) is 11.9. The molecule has 0 rings (SSSR count). The van der Waals surface area contributed by atoms with Crippen LogP contribution in [0.15, 0.2) is 0 Å². The highest BCUT2D eigenvalue weighted by atomic mass is 32.2. The molecule has 0 radical (unpaired) electrons. The van der Waals surface area contributed by atoms with Crippen LogP contribution in [0.2, 0.25) is 0 Å². The summed E-state index contributed by atoms with van der Waals surface area (Å²) in [6, 6.07) is 0. The van der Waals surface area contributed by atoms with Gasteiger partial charge in [0.15, 0.2) is 0 Å². The van der Waals surface area contributed by atoms with E-state index in [1.807, 2.05) is 13.8 Å². The number of ether oxygens (including phenoxy) is 2. The van der Waals surface area contributed by atoms with Crippen molar-refractivity contribution in [3.8, 4) is 0 Å². The molecule has 0 saturated heterocycles. The molecule has 94 valence electrons. The fourth-order valence-electron chi connectivity index (χ4n) is 1.06. The van der Waals surface area contributed by atoms with Crippen molar-refractivity contribution in [1.82, 2.24) is 0 Å². The minimum atomic E-state index is -0.216. The molecular weight excluding hydrogens is 228 g/mol. The highest BCUT2D eigenvalue weighted by Gasteiger charge is 2.17.